The molecule has 1 aromatic rings. The van der Waals surface area contributed by atoms with Crippen LogP contribution in [0.25, 0.3) is 0 Å². The molecule has 0 fully saturated rings. The van der Waals surface area contributed by atoms with Crippen molar-refractivity contribution in [1.29, 1.82) is 0 Å². The van der Waals surface area contributed by atoms with E-state index in [1.165, 1.54) is 0 Å². The number of hydrogen-bond acceptors (Lipinski definition) is 3. The first-order valence-electron chi connectivity index (χ1n) is 6.35. The van der Waals surface area contributed by atoms with E-state index in [0.29, 0.717) is 12.1 Å². The van der Waals surface area contributed by atoms with E-state index in [9.17, 15) is 22.8 Å². The predicted octanol–water partition coefficient (Wildman–Crippen LogP) is 3.14. The molecule has 22 heavy (non-hydrogen) atoms. The van der Waals surface area contributed by atoms with E-state index in [0.717, 1.165) is 0 Å². The zero-order chi connectivity index (χ0) is 17.1. The maximum Gasteiger partial charge on any atom is 0.408 e. The number of carbonyl (C=O) groups is 2. The summed E-state index contributed by atoms with van der Waals surface area (Å²) >= 11 is 0. The van der Waals surface area contributed by atoms with E-state index < -0.39 is 47.6 Å². The van der Waals surface area contributed by atoms with Crippen LogP contribution in [-0.2, 0) is 9.53 Å². The minimum atomic E-state index is -1.67. The van der Waals surface area contributed by atoms with Crippen molar-refractivity contribution >= 4 is 12.1 Å². The smallest absolute Gasteiger partial charge is 0.408 e. The number of carboxylic acid groups (broad SMARTS) is 1. The standard InChI is InChI=1S/C14H16F3NO4/c1-14(2,3)22-13(21)18-10(6-11(19)20)7-4-8(15)12(17)9(16)5-7/h4-5,10H,6H2,1-3H3,(H,18,21)(H,19,20). The molecule has 1 aromatic carbocycles. The van der Waals surface area contributed by atoms with Gasteiger partial charge < -0.3 is 15.2 Å². The lowest BCUT2D eigenvalue weighted by atomic mass is 10.0. The van der Waals surface area contributed by atoms with Crippen molar-refractivity contribution in [2.45, 2.75) is 38.8 Å². The third-order valence-electron chi connectivity index (χ3n) is 2.48. The molecule has 2 N–H and O–H groups in total. The number of carboxylic acids is 1. The van der Waals surface area contributed by atoms with Gasteiger partial charge in [0.25, 0.3) is 0 Å². The molecule has 1 atom stereocenters. The van der Waals surface area contributed by atoms with Crippen molar-refractivity contribution in [3.8, 4) is 0 Å². The molecule has 1 amide bonds. The Morgan fingerprint density at radius 3 is 2.14 bits per heavy atom. The van der Waals surface area contributed by atoms with E-state index in [4.69, 9.17) is 9.84 Å². The van der Waals surface area contributed by atoms with Crippen LogP contribution in [0.3, 0.4) is 0 Å². The van der Waals surface area contributed by atoms with Gasteiger partial charge in [-0.05, 0) is 38.5 Å². The van der Waals surface area contributed by atoms with Crippen molar-refractivity contribution in [1.82, 2.24) is 5.32 Å². The summed E-state index contributed by atoms with van der Waals surface area (Å²) in [7, 11) is 0. The SMILES string of the molecule is CC(C)(C)OC(=O)NC(CC(=O)O)c1cc(F)c(F)c(F)c1. The van der Waals surface area contributed by atoms with Crippen LogP contribution >= 0.6 is 0 Å². The van der Waals surface area contributed by atoms with Crippen molar-refractivity contribution in [2.24, 2.45) is 0 Å². The highest BCUT2D eigenvalue weighted by atomic mass is 19.2. The van der Waals surface area contributed by atoms with Crippen molar-refractivity contribution in [3.05, 3.63) is 35.1 Å². The van der Waals surface area contributed by atoms with E-state index in [1.54, 1.807) is 20.8 Å². The van der Waals surface area contributed by atoms with Crippen LogP contribution in [0.1, 0.15) is 38.8 Å². The summed E-state index contributed by atoms with van der Waals surface area (Å²) in [6.45, 7) is 4.78. The lowest BCUT2D eigenvalue weighted by Crippen LogP contribution is -2.36. The molecule has 122 valence electrons. The van der Waals surface area contributed by atoms with Crippen molar-refractivity contribution < 1.29 is 32.6 Å². The quantitative estimate of drug-likeness (QED) is 0.836. The first-order valence-corrected chi connectivity index (χ1v) is 6.35. The molecule has 0 aliphatic carbocycles. The number of ether oxygens (including phenoxy) is 1. The number of amides is 1. The Balaban J connectivity index is 3.03. The summed E-state index contributed by atoms with van der Waals surface area (Å²) < 4.78 is 44.4. The Morgan fingerprint density at radius 1 is 1.23 bits per heavy atom. The van der Waals surface area contributed by atoms with E-state index >= 15 is 0 Å². The summed E-state index contributed by atoms with van der Waals surface area (Å²) in [5.41, 5.74) is -1.05. The van der Waals surface area contributed by atoms with Gasteiger partial charge in [-0.15, -0.1) is 0 Å². The molecule has 0 heterocycles. The number of hydrogen-bond donors (Lipinski definition) is 2. The van der Waals surface area contributed by atoms with Gasteiger partial charge in [-0.25, -0.2) is 18.0 Å². The minimum Gasteiger partial charge on any atom is -0.481 e. The first-order chi connectivity index (χ1) is 9.99. The van der Waals surface area contributed by atoms with Gasteiger partial charge in [-0.2, -0.15) is 0 Å². The second-order valence-electron chi connectivity index (χ2n) is 5.60. The van der Waals surface area contributed by atoms with Gasteiger partial charge in [-0.3, -0.25) is 4.79 Å². The largest absolute Gasteiger partial charge is 0.481 e. The summed E-state index contributed by atoms with van der Waals surface area (Å²) in [5.74, 6) is -5.94. The lowest BCUT2D eigenvalue weighted by Gasteiger charge is -2.23. The molecule has 0 aromatic heterocycles. The molecular weight excluding hydrogens is 303 g/mol. The molecule has 0 bridgehead atoms. The van der Waals surface area contributed by atoms with Gasteiger partial charge in [0.2, 0.25) is 0 Å². The summed E-state index contributed by atoms with van der Waals surface area (Å²) in [4.78, 5) is 22.5. The molecule has 5 nitrogen and oxygen atoms in total. The number of halogens is 3. The number of alkyl carbamates (subject to hydrolysis) is 1. The van der Waals surface area contributed by atoms with Crippen LogP contribution in [-0.4, -0.2) is 22.8 Å². The molecule has 1 unspecified atom stereocenters. The highest BCUT2D eigenvalue weighted by Crippen LogP contribution is 2.22. The molecule has 0 saturated carbocycles. The van der Waals surface area contributed by atoms with Gasteiger partial charge in [-0.1, -0.05) is 0 Å². The van der Waals surface area contributed by atoms with Crippen LogP contribution in [0.4, 0.5) is 18.0 Å². The molecule has 0 spiro atoms. The molecule has 8 heteroatoms. The zero-order valence-electron chi connectivity index (χ0n) is 12.2. The highest BCUT2D eigenvalue weighted by Gasteiger charge is 2.24. The van der Waals surface area contributed by atoms with Gasteiger partial charge >= 0.3 is 12.1 Å². The summed E-state index contributed by atoms with van der Waals surface area (Å²) in [6.07, 6.45) is -1.60. The van der Waals surface area contributed by atoms with Crippen LogP contribution in [0, 0.1) is 17.5 Å². The fourth-order valence-corrected chi connectivity index (χ4v) is 1.65. The fourth-order valence-electron chi connectivity index (χ4n) is 1.65. The van der Waals surface area contributed by atoms with Gasteiger partial charge in [0.05, 0.1) is 12.5 Å². The van der Waals surface area contributed by atoms with Gasteiger partial charge in [0.15, 0.2) is 17.5 Å². The Hall–Kier alpha value is -2.25. The molecule has 0 radical (unpaired) electrons. The Bertz CT molecular complexity index is 561. The Labute approximate surface area is 125 Å². The number of aliphatic carboxylic acids is 1. The van der Waals surface area contributed by atoms with E-state index in [2.05, 4.69) is 5.32 Å². The average Bonchev–Trinajstić information content (AvgIpc) is 2.31. The summed E-state index contributed by atoms with van der Waals surface area (Å²) in [5, 5.41) is 11.0. The average molecular weight is 319 g/mol. The number of carbonyl (C=O) groups excluding carboxylic acids is 1. The minimum absolute atomic E-state index is 0.218. The van der Waals surface area contributed by atoms with Crippen LogP contribution in [0.5, 0.6) is 0 Å². The lowest BCUT2D eigenvalue weighted by molar-refractivity contribution is -0.137. The highest BCUT2D eigenvalue weighted by molar-refractivity contribution is 5.72. The molecular formula is C14H16F3NO4. The fraction of sp³-hybridized carbons (Fsp3) is 0.429. The van der Waals surface area contributed by atoms with Crippen LogP contribution in [0.2, 0.25) is 0 Å². The normalized spacial score (nSPS) is 12.6. The van der Waals surface area contributed by atoms with E-state index in [1.807, 2.05) is 0 Å². The third kappa shape index (κ3) is 5.27. The Morgan fingerprint density at radius 2 is 1.73 bits per heavy atom. The number of nitrogens with one attached hydrogen (secondary N) is 1. The summed E-state index contributed by atoms with van der Waals surface area (Å²) in [6, 6.07) is -0.00999. The second kappa shape index (κ2) is 6.67. The monoisotopic (exact) mass is 319 g/mol. The van der Waals surface area contributed by atoms with Crippen LogP contribution in [0.15, 0.2) is 12.1 Å². The van der Waals surface area contributed by atoms with Gasteiger partial charge in [0, 0.05) is 0 Å². The molecule has 0 saturated heterocycles. The number of benzene rings is 1. The molecule has 0 aliphatic rings. The molecule has 0 aliphatic heterocycles. The maximum absolute atomic E-state index is 13.2. The number of rotatable bonds is 4. The van der Waals surface area contributed by atoms with Crippen molar-refractivity contribution in [3.63, 3.8) is 0 Å². The predicted molar refractivity (Wildman–Crippen MR) is 70.7 cm³/mol. The second-order valence-corrected chi connectivity index (χ2v) is 5.60. The third-order valence-corrected chi connectivity index (χ3v) is 2.48. The van der Waals surface area contributed by atoms with E-state index in [-0.39, 0.29) is 5.56 Å². The zero-order valence-corrected chi connectivity index (χ0v) is 12.2. The first kappa shape index (κ1) is 17.8. The van der Waals surface area contributed by atoms with Crippen LogP contribution < -0.4 is 5.32 Å². The van der Waals surface area contributed by atoms with Gasteiger partial charge in [0.1, 0.15) is 5.60 Å². The molecule has 1 rings (SSSR count). The maximum atomic E-state index is 13.2. The van der Waals surface area contributed by atoms with Crippen molar-refractivity contribution in [2.75, 3.05) is 0 Å². The Kier molecular flexibility index (Phi) is 5.40. The topological polar surface area (TPSA) is 75.6 Å².